The fourth-order valence-electron chi connectivity index (χ4n) is 4.30. The van der Waals surface area contributed by atoms with Crippen LogP contribution in [-0.4, -0.2) is 43.1 Å². The number of Topliss-reactive ketones (excluding diaryl/α,β-unsaturated/α-hetero) is 2. The number of amides is 1. The van der Waals surface area contributed by atoms with Gasteiger partial charge in [0.1, 0.15) is 23.2 Å². The van der Waals surface area contributed by atoms with Crippen LogP contribution in [0.2, 0.25) is 0 Å². The largest absolute Gasteiger partial charge is 0.497 e. The van der Waals surface area contributed by atoms with Crippen LogP contribution < -0.4 is 9.47 Å². The van der Waals surface area contributed by atoms with Crippen LogP contribution >= 0.6 is 0 Å². The number of methoxy groups -OCH3 is 2. The topological polar surface area (TPSA) is 86.1 Å². The van der Waals surface area contributed by atoms with Crippen molar-refractivity contribution in [2.75, 3.05) is 20.8 Å². The number of likely N-dealkylation sites (tertiary alicyclic amines) is 1. The second-order valence-corrected chi connectivity index (χ2v) is 7.80. The van der Waals surface area contributed by atoms with Crippen molar-refractivity contribution in [3.05, 3.63) is 83.8 Å². The van der Waals surface area contributed by atoms with Gasteiger partial charge in [-0.05, 0) is 48.9 Å². The summed E-state index contributed by atoms with van der Waals surface area (Å²) in [5.74, 6) is -1.00. The van der Waals surface area contributed by atoms with Crippen LogP contribution in [0.15, 0.2) is 71.3 Å². The molecule has 1 fully saturated rings. The van der Waals surface area contributed by atoms with Gasteiger partial charge < -0.3 is 18.8 Å². The molecule has 1 aliphatic rings. The maximum absolute atomic E-state index is 13.5. The van der Waals surface area contributed by atoms with Gasteiger partial charge in [-0.25, -0.2) is 0 Å². The molecule has 7 nitrogen and oxygen atoms in total. The van der Waals surface area contributed by atoms with Crippen molar-refractivity contribution < 1.29 is 28.3 Å². The standard InChI is InChI=1S/C26H25NO6/c1-31-18-13-11-17(12-14-18)24(28)22-23(20-9-3-4-10-21(20)32-2)27(26(30)25(22)29)15-5-7-19-8-6-16-33-19/h3-4,6,8-14,16,22-23H,5,7,15H2,1-2H3. The van der Waals surface area contributed by atoms with Crippen molar-refractivity contribution in [1.82, 2.24) is 4.90 Å². The van der Waals surface area contributed by atoms with Crippen molar-refractivity contribution in [3.8, 4) is 11.5 Å². The number of ether oxygens (including phenoxy) is 2. The molecule has 7 heteroatoms. The van der Waals surface area contributed by atoms with E-state index in [1.807, 2.05) is 12.1 Å². The molecule has 2 heterocycles. The second kappa shape index (κ2) is 9.73. The number of ketones is 2. The smallest absolute Gasteiger partial charge is 0.291 e. The Balaban J connectivity index is 1.69. The Morgan fingerprint density at radius 1 is 0.970 bits per heavy atom. The van der Waals surface area contributed by atoms with Crippen LogP contribution in [0.25, 0.3) is 0 Å². The number of aryl methyl sites for hydroxylation is 1. The SMILES string of the molecule is COc1ccc(C(=O)C2C(=O)C(=O)N(CCCc3ccco3)C2c2ccccc2OC)cc1. The zero-order chi connectivity index (χ0) is 23.4. The Bertz CT molecular complexity index is 1140. The second-order valence-electron chi connectivity index (χ2n) is 7.80. The van der Waals surface area contributed by atoms with Gasteiger partial charge in [0.25, 0.3) is 5.91 Å². The summed E-state index contributed by atoms with van der Waals surface area (Å²) in [5, 5.41) is 0. The first-order valence-electron chi connectivity index (χ1n) is 10.7. The number of rotatable bonds is 9. The number of hydrogen-bond donors (Lipinski definition) is 0. The first-order valence-corrected chi connectivity index (χ1v) is 10.7. The van der Waals surface area contributed by atoms with E-state index in [-0.39, 0.29) is 0 Å². The van der Waals surface area contributed by atoms with E-state index >= 15 is 0 Å². The van der Waals surface area contributed by atoms with E-state index in [9.17, 15) is 14.4 Å². The lowest BCUT2D eigenvalue weighted by atomic mass is 9.86. The van der Waals surface area contributed by atoms with Crippen molar-refractivity contribution in [2.24, 2.45) is 5.92 Å². The highest BCUT2D eigenvalue weighted by atomic mass is 16.5. The van der Waals surface area contributed by atoms with Crippen LogP contribution in [0.4, 0.5) is 0 Å². The van der Waals surface area contributed by atoms with E-state index in [4.69, 9.17) is 13.9 Å². The van der Waals surface area contributed by atoms with Gasteiger partial charge in [0.15, 0.2) is 5.78 Å². The average Bonchev–Trinajstić information content (AvgIpc) is 3.46. The highest BCUT2D eigenvalue weighted by Gasteiger charge is 2.52. The van der Waals surface area contributed by atoms with Crippen LogP contribution in [0.1, 0.15) is 34.1 Å². The number of hydrogen-bond acceptors (Lipinski definition) is 6. The first kappa shape index (κ1) is 22.3. The molecule has 0 bridgehead atoms. The van der Waals surface area contributed by atoms with Gasteiger partial charge in [0.2, 0.25) is 5.78 Å². The molecule has 0 saturated carbocycles. The summed E-state index contributed by atoms with van der Waals surface area (Å²) in [5.41, 5.74) is 0.975. The molecule has 0 aliphatic carbocycles. The molecule has 1 saturated heterocycles. The zero-order valence-electron chi connectivity index (χ0n) is 18.5. The zero-order valence-corrected chi connectivity index (χ0v) is 18.5. The number of benzene rings is 2. The number of carbonyl (C=O) groups excluding carboxylic acids is 3. The van der Waals surface area contributed by atoms with Crippen molar-refractivity contribution in [2.45, 2.75) is 18.9 Å². The lowest BCUT2D eigenvalue weighted by Crippen LogP contribution is -2.32. The predicted molar refractivity (Wildman–Crippen MR) is 120 cm³/mol. The van der Waals surface area contributed by atoms with Gasteiger partial charge in [0.05, 0.1) is 26.5 Å². The van der Waals surface area contributed by atoms with Crippen LogP contribution in [0.5, 0.6) is 11.5 Å². The maximum atomic E-state index is 13.5. The molecule has 2 atom stereocenters. The summed E-state index contributed by atoms with van der Waals surface area (Å²) >= 11 is 0. The molecule has 3 aromatic rings. The molecule has 1 amide bonds. The quantitative estimate of drug-likeness (QED) is 0.281. The molecule has 0 spiro atoms. The molecule has 1 aromatic heterocycles. The summed E-state index contributed by atoms with van der Waals surface area (Å²) < 4.78 is 16.0. The Morgan fingerprint density at radius 3 is 2.39 bits per heavy atom. The Morgan fingerprint density at radius 2 is 1.73 bits per heavy atom. The summed E-state index contributed by atoms with van der Waals surface area (Å²) in [6.45, 7) is 0.306. The maximum Gasteiger partial charge on any atom is 0.291 e. The van der Waals surface area contributed by atoms with E-state index in [0.717, 1.165) is 5.76 Å². The summed E-state index contributed by atoms with van der Waals surface area (Å²) in [6, 6.07) is 16.6. The molecule has 0 radical (unpaired) electrons. The molecule has 2 unspecified atom stereocenters. The van der Waals surface area contributed by atoms with E-state index in [2.05, 4.69) is 0 Å². The van der Waals surface area contributed by atoms with E-state index < -0.39 is 29.4 Å². The molecule has 4 rings (SSSR count). The van der Waals surface area contributed by atoms with E-state index in [1.54, 1.807) is 54.8 Å². The molecule has 33 heavy (non-hydrogen) atoms. The Hall–Kier alpha value is -3.87. The molecular formula is C26H25NO6. The Kier molecular flexibility index (Phi) is 6.58. The fraction of sp³-hybridized carbons (Fsp3) is 0.269. The van der Waals surface area contributed by atoms with E-state index in [0.29, 0.717) is 42.0 Å². The highest BCUT2D eigenvalue weighted by Crippen LogP contribution is 2.42. The lowest BCUT2D eigenvalue weighted by Gasteiger charge is -2.28. The van der Waals surface area contributed by atoms with Gasteiger partial charge in [-0.15, -0.1) is 0 Å². The summed E-state index contributed by atoms with van der Waals surface area (Å²) in [4.78, 5) is 41.2. The predicted octanol–water partition coefficient (Wildman–Crippen LogP) is 3.88. The molecular weight excluding hydrogens is 422 g/mol. The minimum atomic E-state index is -1.16. The third kappa shape index (κ3) is 4.39. The number of furan rings is 1. The first-order chi connectivity index (χ1) is 16.0. The van der Waals surface area contributed by atoms with Crippen molar-refractivity contribution in [1.29, 1.82) is 0 Å². The lowest BCUT2D eigenvalue weighted by molar-refractivity contribution is -0.140. The van der Waals surface area contributed by atoms with Gasteiger partial charge in [-0.2, -0.15) is 0 Å². The van der Waals surface area contributed by atoms with Gasteiger partial charge in [-0.1, -0.05) is 18.2 Å². The fourth-order valence-corrected chi connectivity index (χ4v) is 4.30. The van der Waals surface area contributed by atoms with Gasteiger partial charge in [0, 0.05) is 24.1 Å². The third-order valence-corrected chi connectivity index (χ3v) is 5.92. The minimum Gasteiger partial charge on any atom is -0.497 e. The normalized spacial score (nSPS) is 17.9. The summed E-state index contributed by atoms with van der Waals surface area (Å²) in [7, 11) is 3.06. The molecule has 0 N–H and O–H groups in total. The minimum absolute atomic E-state index is 0.306. The number of nitrogens with zero attached hydrogens (tertiary/aromatic N) is 1. The third-order valence-electron chi connectivity index (χ3n) is 5.92. The average molecular weight is 447 g/mol. The van der Waals surface area contributed by atoms with Crippen LogP contribution in [0.3, 0.4) is 0 Å². The van der Waals surface area contributed by atoms with Crippen LogP contribution in [0, 0.1) is 5.92 Å². The summed E-state index contributed by atoms with van der Waals surface area (Å²) in [6.07, 6.45) is 2.80. The van der Waals surface area contributed by atoms with Crippen molar-refractivity contribution in [3.63, 3.8) is 0 Å². The monoisotopic (exact) mass is 447 g/mol. The number of para-hydroxylation sites is 1. The molecule has 170 valence electrons. The highest BCUT2D eigenvalue weighted by molar-refractivity contribution is 6.44. The molecule has 2 aromatic carbocycles. The molecule has 1 aliphatic heterocycles. The van der Waals surface area contributed by atoms with Crippen LogP contribution in [-0.2, 0) is 16.0 Å². The Labute approximate surface area is 191 Å². The van der Waals surface area contributed by atoms with Gasteiger partial charge in [-0.3, -0.25) is 14.4 Å². The number of carbonyl (C=O) groups is 3. The van der Waals surface area contributed by atoms with Gasteiger partial charge >= 0.3 is 0 Å². The van der Waals surface area contributed by atoms with E-state index in [1.165, 1.54) is 19.1 Å². The van der Waals surface area contributed by atoms with Crippen molar-refractivity contribution >= 4 is 17.5 Å².